The molecule has 1 aliphatic rings. The first kappa shape index (κ1) is 10.3. The minimum absolute atomic E-state index is 0.0139. The number of aryl methyl sites for hydroxylation is 1. The van der Waals surface area contributed by atoms with E-state index >= 15 is 0 Å². The minimum Gasteiger partial charge on any atom is -0.379 e. The highest BCUT2D eigenvalue weighted by Crippen LogP contribution is 2.21. The van der Waals surface area contributed by atoms with Gasteiger partial charge in [-0.2, -0.15) is 0 Å². The Hall–Kier alpha value is -1.19. The lowest BCUT2D eigenvalue weighted by atomic mass is 9.89. The SMILES string of the molecule is Cc1ccc(C(=O)C2(N)CCOC2)cc1. The first-order valence-corrected chi connectivity index (χ1v) is 5.10. The van der Waals surface area contributed by atoms with Crippen LogP contribution in [0.3, 0.4) is 0 Å². The lowest BCUT2D eigenvalue weighted by molar-refractivity contribution is 0.0863. The van der Waals surface area contributed by atoms with Crippen LogP contribution in [-0.2, 0) is 4.74 Å². The first-order chi connectivity index (χ1) is 7.12. The molecule has 0 radical (unpaired) electrons. The summed E-state index contributed by atoms with van der Waals surface area (Å²) >= 11 is 0. The van der Waals surface area contributed by atoms with Gasteiger partial charge in [0.15, 0.2) is 5.78 Å². The normalized spacial score (nSPS) is 25.5. The number of Topliss-reactive ketones (excluding diaryl/α,β-unsaturated/α-hetero) is 1. The van der Waals surface area contributed by atoms with E-state index in [2.05, 4.69) is 0 Å². The van der Waals surface area contributed by atoms with Crippen molar-refractivity contribution in [3.8, 4) is 0 Å². The van der Waals surface area contributed by atoms with E-state index in [0.29, 0.717) is 25.2 Å². The molecule has 1 atom stereocenters. The van der Waals surface area contributed by atoms with Crippen molar-refractivity contribution < 1.29 is 9.53 Å². The fourth-order valence-corrected chi connectivity index (χ4v) is 1.75. The summed E-state index contributed by atoms with van der Waals surface area (Å²) in [6, 6.07) is 7.49. The number of ketones is 1. The Morgan fingerprint density at radius 1 is 1.40 bits per heavy atom. The molecule has 2 N–H and O–H groups in total. The zero-order valence-electron chi connectivity index (χ0n) is 8.82. The van der Waals surface area contributed by atoms with Crippen molar-refractivity contribution in [3.05, 3.63) is 35.4 Å². The van der Waals surface area contributed by atoms with E-state index < -0.39 is 5.54 Å². The molecule has 0 saturated carbocycles. The van der Waals surface area contributed by atoms with Gasteiger partial charge in [-0.25, -0.2) is 0 Å². The van der Waals surface area contributed by atoms with Crippen molar-refractivity contribution in [2.75, 3.05) is 13.2 Å². The molecule has 0 amide bonds. The van der Waals surface area contributed by atoms with E-state index in [1.807, 2.05) is 31.2 Å². The van der Waals surface area contributed by atoms with Gasteiger partial charge in [0.05, 0.1) is 6.61 Å². The van der Waals surface area contributed by atoms with Gasteiger partial charge in [-0.05, 0) is 13.3 Å². The molecule has 80 valence electrons. The van der Waals surface area contributed by atoms with Crippen LogP contribution in [0.25, 0.3) is 0 Å². The van der Waals surface area contributed by atoms with E-state index in [4.69, 9.17) is 10.5 Å². The Labute approximate surface area is 89.2 Å². The smallest absolute Gasteiger partial charge is 0.185 e. The summed E-state index contributed by atoms with van der Waals surface area (Å²) < 4.78 is 5.18. The summed E-state index contributed by atoms with van der Waals surface area (Å²) in [5, 5.41) is 0. The van der Waals surface area contributed by atoms with Crippen LogP contribution in [0.2, 0.25) is 0 Å². The fourth-order valence-electron chi connectivity index (χ4n) is 1.75. The number of benzene rings is 1. The molecule has 0 aliphatic carbocycles. The number of ether oxygens (including phenoxy) is 1. The van der Waals surface area contributed by atoms with E-state index in [-0.39, 0.29) is 5.78 Å². The largest absolute Gasteiger partial charge is 0.379 e. The number of carbonyl (C=O) groups excluding carboxylic acids is 1. The lowest BCUT2D eigenvalue weighted by Gasteiger charge is -2.19. The molecular weight excluding hydrogens is 190 g/mol. The molecule has 1 unspecified atom stereocenters. The lowest BCUT2D eigenvalue weighted by Crippen LogP contribution is -2.48. The summed E-state index contributed by atoms with van der Waals surface area (Å²) in [4.78, 5) is 12.1. The van der Waals surface area contributed by atoms with Crippen LogP contribution in [0.1, 0.15) is 22.3 Å². The Morgan fingerprint density at radius 3 is 2.60 bits per heavy atom. The molecule has 3 heteroatoms. The minimum atomic E-state index is -0.810. The Balaban J connectivity index is 2.24. The van der Waals surface area contributed by atoms with Gasteiger partial charge in [-0.1, -0.05) is 29.8 Å². The molecule has 1 aliphatic heterocycles. The second kappa shape index (κ2) is 3.76. The van der Waals surface area contributed by atoms with Crippen molar-refractivity contribution in [1.82, 2.24) is 0 Å². The molecule has 15 heavy (non-hydrogen) atoms. The highest BCUT2D eigenvalue weighted by atomic mass is 16.5. The number of hydrogen-bond acceptors (Lipinski definition) is 3. The van der Waals surface area contributed by atoms with Crippen molar-refractivity contribution in [2.45, 2.75) is 18.9 Å². The van der Waals surface area contributed by atoms with Crippen LogP contribution in [0.15, 0.2) is 24.3 Å². The van der Waals surface area contributed by atoms with Crippen molar-refractivity contribution in [2.24, 2.45) is 5.73 Å². The van der Waals surface area contributed by atoms with Gasteiger partial charge in [0.25, 0.3) is 0 Å². The Bertz CT molecular complexity index is 364. The predicted octanol–water partition coefficient (Wildman–Crippen LogP) is 1.30. The standard InChI is InChI=1S/C12H15NO2/c1-9-2-4-10(5-3-9)11(14)12(13)6-7-15-8-12/h2-5H,6-8,13H2,1H3. The van der Waals surface area contributed by atoms with Crippen molar-refractivity contribution >= 4 is 5.78 Å². The Kier molecular flexibility index (Phi) is 2.59. The summed E-state index contributed by atoms with van der Waals surface area (Å²) in [5.74, 6) is -0.0139. The molecule has 1 saturated heterocycles. The van der Waals surface area contributed by atoms with Crippen LogP contribution in [0.5, 0.6) is 0 Å². The summed E-state index contributed by atoms with van der Waals surface area (Å²) in [6.45, 7) is 2.90. The maximum Gasteiger partial charge on any atom is 0.185 e. The van der Waals surface area contributed by atoms with Crippen molar-refractivity contribution in [1.29, 1.82) is 0 Å². The number of hydrogen-bond donors (Lipinski definition) is 1. The third-order valence-corrected chi connectivity index (χ3v) is 2.82. The van der Waals surface area contributed by atoms with E-state index in [0.717, 1.165) is 5.56 Å². The summed E-state index contributed by atoms with van der Waals surface area (Å²) in [7, 11) is 0. The maximum absolute atomic E-state index is 12.1. The highest BCUT2D eigenvalue weighted by molar-refractivity contribution is 6.03. The van der Waals surface area contributed by atoms with Crippen molar-refractivity contribution in [3.63, 3.8) is 0 Å². The molecular formula is C12H15NO2. The summed E-state index contributed by atoms with van der Waals surface area (Å²) in [5.41, 5.74) is 7.00. The monoisotopic (exact) mass is 205 g/mol. The van der Waals surface area contributed by atoms with Gasteiger partial charge in [0.2, 0.25) is 0 Å². The number of nitrogens with two attached hydrogens (primary N) is 1. The second-order valence-electron chi connectivity index (χ2n) is 4.15. The number of carbonyl (C=O) groups is 1. The van der Waals surface area contributed by atoms with Crippen LogP contribution in [0.4, 0.5) is 0 Å². The maximum atomic E-state index is 12.1. The third kappa shape index (κ3) is 1.94. The average molecular weight is 205 g/mol. The topological polar surface area (TPSA) is 52.3 Å². The van der Waals surface area contributed by atoms with Crippen LogP contribution in [-0.4, -0.2) is 24.5 Å². The Morgan fingerprint density at radius 2 is 2.07 bits per heavy atom. The van der Waals surface area contributed by atoms with Gasteiger partial charge in [-0.3, -0.25) is 4.79 Å². The van der Waals surface area contributed by atoms with Gasteiger partial charge in [0.1, 0.15) is 5.54 Å². The predicted molar refractivity (Wildman–Crippen MR) is 57.9 cm³/mol. The molecule has 1 aromatic carbocycles. The molecule has 2 rings (SSSR count). The van der Waals surface area contributed by atoms with E-state index in [1.54, 1.807) is 0 Å². The molecule has 0 spiro atoms. The molecule has 1 heterocycles. The van der Waals surface area contributed by atoms with E-state index in [9.17, 15) is 4.79 Å². The fraction of sp³-hybridized carbons (Fsp3) is 0.417. The van der Waals surface area contributed by atoms with E-state index in [1.165, 1.54) is 0 Å². The quantitative estimate of drug-likeness (QED) is 0.740. The zero-order chi connectivity index (χ0) is 10.9. The molecule has 3 nitrogen and oxygen atoms in total. The second-order valence-corrected chi connectivity index (χ2v) is 4.15. The zero-order valence-corrected chi connectivity index (χ0v) is 8.82. The van der Waals surface area contributed by atoms with Gasteiger partial charge < -0.3 is 10.5 Å². The van der Waals surface area contributed by atoms with Crippen LogP contribution < -0.4 is 5.73 Å². The molecule has 1 fully saturated rings. The van der Waals surface area contributed by atoms with Crippen LogP contribution in [0, 0.1) is 6.92 Å². The first-order valence-electron chi connectivity index (χ1n) is 5.10. The number of rotatable bonds is 2. The van der Waals surface area contributed by atoms with Gasteiger partial charge in [0, 0.05) is 12.2 Å². The average Bonchev–Trinajstić information content (AvgIpc) is 2.67. The van der Waals surface area contributed by atoms with Crippen LogP contribution >= 0.6 is 0 Å². The van der Waals surface area contributed by atoms with Gasteiger partial charge >= 0.3 is 0 Å². The third-order valence-electron chi connectivity index (χ3n) is 2.82. The highest BCUT2D eigenvalue weighted by Gasteiger charge is 2.38. The molecule has 0 bridgehead atoms. The molecule has 1 aromatic rings. The van der Waals surface area contributed by atoms with Gasteiger partial charge in [-0.15, -0.1) is 0 Å². The summed E-state index contributed by atoms with van der Waals surface area (Å²) in [6.07, 6.45) is 0.611. The molecule has 0 aromatic heterocycles.